The van der Waals surface area contributed by atoms with Gasteiger partial charge in [-0.05, 0) is 19.8 Å². The summed E-state index contributed by atoms with van der Waals surface area (Å²) in [5.74, 6) is 0.253. The van der Waals surface area contributed by atoms with Crippen molar-refractivity contribution in [3.63, 3.8) is 0 Å². The molecule has 0 bridgehead atoms. The largest absolute Gasteiger partial charge is 0.376 e. The van der Waals surface area contributed by atoms with Gasteiger partial charge in [0.1, 0.15) is 11.9 Å². The van der Waals surface area contributed by atoms with Crippen molar-refractivity contribution in [1.29, 1.82) is 5.26 Å². The van der Waals surface area contributed by atoms with E-state index in [1.54, 1.807) is 0 Å². The van der Waals surface area contributed by atoms with E-state index in [4.69, 9.17) is 10.00 Å². The van der Waals surface area contributed by atoms with Crippen LogP contribution in [-0.2, 0) is 18.8 Å². The van der Waals surface area contributed by atoms with Crippen LogP contribution in [0.15, 0.2) is 9.59 Å². The van der Waals surface area contributed by atoms with Gasteiger partial charge in [-0.15, -0.1) is 0 Å². The van der Waals surface area contributed by atoms with Gasteiger partial charge in [0.15, 0.2) is 5.56 Å². The number of hydrogen-bond donors (Lipinski definition) is 1. The van der Waals surface area contributed by atoms with Gasteiger partial charge in [-0.1, -0.05) is 0 Å². The lowest BCUT2D eigenvalue weighted by Gasteiger charge is -2.23. The molecule has 1 aliphatic rings. The first-order chi connectivity index (χ1) is 9.47. The second-order valence-corrected chi connectivity index (χ2v) is 5.03. The van der Waals surface area contributed by atoms with Crippen LogP contribution in [-0.4, -0.2) is 27.9 Å². The predicted octanol–water partition coefficient (Wildman–Crippen LogP) is -0.0649. The second kappa shape index (κ2) is 5.51. The third-order valence-electron chi connectivity index (χ3n) is 3.66. The Labute approximate surface area is 116 Å². The minimum Gasteiger partial charge on any atom is -0.376 e. The van der Waals surface area contributed by atoms with Crippen LogP contribution in [0, 0.1) is 11.3 Å². The fourth-order valence-electron chi connectivity index (χ4n) is 2.42. The highest BCUT2D eigenvalue weighted by Crippen LogP contribution is 2.19. The molecule has 2 atom stereocenters. The van der Waals surface area contributed by atoms with Gasteiger partial charge in [-0.3, -0.25) is 13.9 Å². The summed E-state index contributed by atoms with van der Waals surface area (Å²) in [4.78, 5) is 23.9. The monoisotopic (exact) mass is 278 g/mol. The SMILES string of the molecule is CC(Nc1c(C#N)c(=O)n(C)c(=O)n1C)C1CCCO1. The Morgan fingerprint density at radius 2 is 2.10 bits per heavy atom. The van der Waals surface area contributed by atoms with Crippen molar-refractivity contribution >= 4 is 5.82 Å². The maximum Gasteiger partial charge on any atom is 0.332 e. The predicted molar refractivity (Wildman–Crippen MR) is 73.7 cm³/mol. The number of nitrogens with one attached hydrogen (secondary N) is 1. The summed E-state index contributed by atoms with van der Waals surface area (Å²) in [5.41, 5.74) is -1.10. The molecule has 1 fully saturated rings. The lowest BCUT2D eigenvalue weighted by molar-refractivity contribution is 0.0994. The zero-order valence-electron chi connectivity index (χ0n) is 11.8. The number of hydrogen-bond acceptors (Lipinski definition) is 5. The van der Waals surface area contributed by atoms with Gasteiger partial charge >= 0.3 is 5.69 Å². The van der Waals surface area contributed by atoms with Crippen molar-refractivity contribution in [2.45, 2.75) is 31.9 Å². The second-order valence-electron chi connectivity index (χ2n) is 5.03. The summed E-state index contributed by atoms with van der Waals surface area (Å²) in [6.07, 6.45) is 1.95. The maximum atomic E-state index is 12.0. The summed E-state index contributed by atoms with van der Waals surface area (Å²) >= 11 is 0. The molecule has 0 saturated carbocycles. The minimum absolute atomic E-state index is 0.0284. The van der Waals surface area contributed by atoms with E-state index in [0.29, 0.717) is 0 Å². The molecular weight excluding hydrogens is 260 g/mol. The van der Waals surface area contributed by atoms with Crippen molar-refractivity contribution in [1.82, 2.24) is 9.13 Å². The molecule has 20 heavy (non-hydrogen) atoms. The normalized spacial score (nSPS) is 19.6. The highest BCUT2D eigenvalue weighted by molar-refractivity contribution is 5.51. The molecule has 0 spiro atoms. The zero-order chi connectivity index (χ0) is 14.9. The topological polar surface area (TPSA) is 89.0 Å². The Kier molecular flexibility index (Phi) is 3.95. The van der Waals surface area contributed by atoms with Crippen LogP contribution in [0.3, 0.4) is 0 Å². The van der Waals surface area contributed by atoms with E-state index in [-0.39, 0.29) is 23.5 Å². The lowest BCUT2D eigenvalue weighted by atomic mass is 10.1. The van der Waals surface area contributed by atoms with Crippen LogP contribution >= 0.6 is 0 Å². The maximum absolute atomic E-state index is 12.0. The number of ether oxygens (including phenoxy) is 1. The highest BCUT2D eigenvalue weighted by atomic mass is 16.5. The molecule has 1 aliphatic heterocycles. The van der Waals surface area contributed by atoms with Crippen LogP contribution in [0.1, 0.15) is 25.3 Å². The van der Waals surface area contributed by atoms with Gasteiger partial charge in [0.2, 0.25) is 0 Å². The van der Waals surface area contributed by atoms with Crippen LogP contribution in [0.2, 0.25) is 0 Å². The molecule has 1 aromatic heterocycles. The number of rotatable bonds is 3. The van der Waals surface area contributed by atoms with Crippen molar-refractivity contribution in [3.05, 3.63) is 26.4 Å². The molecule has 2 rings (SSSR count). The van der Waals surface area contributed by atoms with Crippen molar-refractivity contribution in [2.24, 2.45) is 14.1 Å². The quantitative estimate of drug-likeness (QED) is 0.836. The first-order valence-corrected chi connectivity index (χ1v) is 6.55. The molecule has 0 radical (unpaired) electrons. The molecule has 1 aromatic rings. The molecule has 2 unspecified atom stereocenters. The average Bonchev–Trinajstić information content (AvgIpc) is 2.97. The Bertz CT molecular complexity index is 662. The molecule has 0 aliphatic carbocycles. The first kappa shape index (κ1) is 14.3. The van der Waals surface area contributed by atoms with E-state index in [0.717, 1.165) is 24.0 Å². The van der Waals surface area contributed by atoms with Crippen molar-refractivity contribution in [2.75, 3.05) is 11.9 Å². The molecule has 0 amide bonds. The average molecular weight is 278 g/mol. The summed E-state index contributed by atoms with van der Waals surface area (Å²) in [5, 5.41) is 12.2. The van der Waals surface area contributed by atoms with Crippen LogP contribution in [0.5, 0.6) is 0 Å². The van der Waals surface area contributed by atoms with E-state index < -0.39 is 11.2 Å². The van der Waals surface area contributed by atoms with E-state index >= 15 is 0 Å². The minimum atomic E-state index is -0.586. The molecular formula is C13H18N4O3. The van der Waals surface area contributed by atoms with E-state index in [1.807, 2.05) is 13.0 Å². The molecule has 108 valence electrons. The zero-order valence-corrected chi connectivity index (χ0v) is 11.8. The van der Waals surface area contributed by atoms with Gasteiger partial charge in [-0.25, -0.2) is 4.79 Å². The van der Waals surface area contributed by atoms with Crippen molar-refractivity contribution in [3.8, 4) is 6.07 Å². The fourth-order valence-corrected chi connectivity index (χ4v) is 2.42. The number of anilines is 1. The molecule has 1 N–H and O–H groups in total. The van der Waals surface area contributed by atoms with Crippen LogP contribution in [0.25, 0.3) is 0 Å². The lowest BCUT2D eigenvalue weighted by Crippen LogP contribution is -2.42. The molecule has 0 aromatic carbocycles. The van der Waals surface area contributed by atoms with Gasteiger partial charge in [-0.2, -0.15) is 5.26 Å². The summed E-state index contributed by atoms with van der Waals surface area (Å²) < 4.78 is 7.78. The number of nitriles is 1. The fraction of sp³-hybridized carbons (Fsp3) is 0.615. The summed E-state index contributed by atoms with van der Waals surface area (Å²) in [6, 6.07) is 1.79. The van der Waals surface area contributed by atoms with Gasteiger partial charge in [0, 0.05) is 20.7 Å². The van der Waals surface area contributed by atoms with Gasteiger partial charge in [0.25, 0.3) is 5.56 Å². The molecule has 7 heteroatoms. The standard InChI is InChI=1S/C13H18N4O3/c1-8(10-5-4-6-20-10)15-11-9(7-14)12(18)17(3)13(19)16(11)2/h8,10,15H,4-6H2,1-3H3. The number of nitrogens with zero attached hydrogens (tertiary/aromatic N) is 3. The Morgan fingerprint density at radius 1 is 1.40 bits per heavy atom. The number of aromatic nitrogens is 2. The Balaban J connectivity index is 2.43. The van der Waals surface area contributed by atoms with E-state index in [9.17, 15) is 9.59 Å². The third-order valence-corrected chi connectivity index (χ3v) is 3.66. The van der Waals surface area contributed by atoms with Gasteiger partial charge < -0.3 is 10.1 Å². The van der Waals surface area contributed by atoms with Gasteiger partial charge in [0.05, 0.1) is 12.1 Å². The first-order valence-electron chi connectivity index (χ1n) is 6.55. The molecule has 7 nitrogen and oxygen atoms in total. The van der Waals surface area contributed by atoms with E-state index in [2.05, 4.69) is 5.32 Å². The Hall–Kier alpha value is -2.07. The summed E-state index contributed by atoms with van der Waals surface area (Å²) in [7, 11) is 2.89. The summed E-state index contributed by atoms with van der Waals surface area (Å²) in [6.45, 7) is 2.64. The molecule has 1 saturated heterocycles. The van der Waals surface area contributed by atoms with Crippen molar-refractivity contribution < 1.29 is 4.74 Å². The van der Waals surface area contributed by atoms with Crippen LogP contribution in [0.4, 0.5) is 5.82 Å². The van der Waals surface area contributed by atoms with Crippen LogP contribution < -0.4 is 16.6 Å². The smallest absolute Gasteiger partial charge is 0.332 e. The highest BCUT2D eigenvalue weighted by Gasteiger charge is 2.25. The molecule has 2 heterocycles. The Morgan fingerprint density at radius 3 is 2.65 bits per heavy atom. The third kappa shape index (κ3) is 2.34. The van der Waals surface area contributed by atoms with E-state index in [1.165, 1.54) is 18.7 Å².